The molecule has 25 heavy (non-hydrogen) atoms. The largest absolute Gasteiger partial charge is 0.381 e. The van der Waals surface area contributed by atoms with E-state index in [2.05, 4.69) is 17.0 Å². The van der Waals surface area contributed by atoms with Gasteiger partial charge in [-0.2, -0.15) is 0 Å². The summed E-state index contributed by atoms with van der Waals surface area (Å²) in [5, 5.41) is 0. The molecule has 1 aromatic rings. The van der Waals surface area contributed by atoms with Crippen molar-refractivity contribution >= 4 is 5.91 Å². The zero-order chi connectivity index (χ0) is 17.3. The van der Waals surface area contributed by atoms with E-state index in [1.165, 1.54) is 0 Å². The summed E-state index contributed by atoms with van der Waals surface area (Å²) in [6.45, 7) is 4.01. The molecule has 136 valence electrons. The molecule has 5 nitrogen and oxygen atoms in total. The normalized spacial score (nSPS) is 27.2. The summed E-state index contributed by atoms with van der Waals surface area (Å²) in [5.41, 5.74) is 0.827. The predicted molar refractivity (Wildman–Crippen MR) is 95.3 cm³/mol. The fraction of sp³-hybridized carbons (Fsp3) is 0.650. The standard InChI is InChI=1S/C20H28N2O3/c1-24-20(16-6-3-2-4-7-16)14-21(15-20)19(23)18-8-5-11-22(18)17-9-12-25-13-10-17/h2-4,6-7,17-18H,5,8-15H2,1H3. The predicted octanol–water partition coefficient (Wildman–Crippen LogP) is 2.01. The SMILES string of the molecule is COC1(c2ccccc2)CN(C(=O)C2CCCN2C2CCOCC2)C1. The first-order chi connectivity index (χ1) is 12.2. The molecule has 1 amide bonds. The van der Waals surface area contributed by atoms with Crippen LogP contribution in [0.25, 0.3) is 0 Å². The number of carbonyl (C=O) groups is 1. The van der Waals surface area contributed by atoms with E-state index in [9.17, 15) is 4.79 Å². The number of amides is 1. The maximum atomic E-state index is 13.1. The molecule has 3 aliphatic rings. The Morgan fingerprint density at radius 2 is 1.88 bits per heavy atom. The third kappa shape index (κ3) is 3.09. The van der Waals surface area contributed by atoms with Gasteiger partial charge in [-0.1, -0.05) is 30.3 Å². The number of ether oxygens (including phenoxy) is 2. The fourth-order valence-electron chi connectivity index (χ4n) is 4.62. The van der Waals surface area contributed by atoms with Crippen LogP contribution < -0.4 is 0 Å². The van der Waals surface area contributed by atoms with Gasteiger partial charge in [0, 0.05) is 26.4 Å². The third-order valence-corrected chi connectivity index (χ3v) is 6.13. The lowest BCUT2D eigenvalue weighted by molar-refractivity contribution is -0.169. The summed E-state index contributed by atoms with van der Waals surface area (Å²) in [6.07, 6.45) is 4.21. The molecule has 1 aromatic carbocycles. The molecule has 0 radical (unpaired) electrons. The van der Waals surface area contributed by atoms with Crippen LogP contribution in [0.4, 0.5) is 0 Å². The fourth-order valence-corrected chi connectivity index (χ4v) is 4.62. The van der Waals surface area contributed by atoms with Gasteiger partial charge >= 0.3 is 0 Å². The van der Waals surface area contributed by atoms with Crippen molar-refractivity contribution < 1.29 is 14.3 Å². The molecule has 0 saturated carbocycles. The van der Waals surface area contributed by atoms with Gasteiger partial charge in [-0.05, 0) is 37.8 Å². The number of hydrogen-bond donors (Lipinski definition) is 0. The molecule has 4 rings (SSSR count). The Morgan fingerprint density at radius 1 is 1.16 bits per heavy atom. The van der Waals surface area contributed by atoms with Gasteiger partial charge < -0.3 is 14.4 Å². The van der Waals surface area contributed by atoms with Crippen LogP contribution in [0.1, 0.15) is 31.2 Å². The number of hydrogen-bond acceptors (Lipinski definition) is 4. The highest BCUT2D eigenvalue weighted by molar-refractivity contribution is 5.83. The Labute approximate surface area is 149 Å². The van der Waals surface area contributed by atoms with Crippen molar-refractivity contribution in [1.29, 1.82) is 0 Å². The van der Waals surface area contributed by atoms with Crippen LogP contribution in [-0.4, -0.2) is 67.7 Å². The average Bonchev–Trinajstić information content (AvgIpc) is 3.12. The van der Waals surface area contributed by atoms with Crippen LogP contribution in [-0.2, 0) is 19.9 Å². The second-order valence-corrected chi connectivity index (χ2v) is 7.50. The molecule has 3 aliphatic heterocycles. The quantitative estimate of drug-likeness (QED) is 0.838. The first-order valence-electron chi connectivity index (χ1n) is 9.46. The van der Waals surface area contributed by atoms with E-state index in [-0.39, 0.29) is 17.6 Å². The van der Waals surface area contributed by atoms with E-state index in [0.717, 1.165) is 51.0 Å². The number of nitrogens with zero attached hydrogens (tertiary/aromatic N) is 2. The summed E-state index contributed by atoms with van der Waals surface area (Å²) in [4.78, 5) is 17.5. The van der Waals surface area contributed by atoms with Crippen molar-refractivity contribution in [2.24, 2.45) is 0 Å². The lowest BCUT2D eigenvalue weighted by atomic mass is 9.85. The van der Waals surface area contributed by atoms with Crippen LogP contribution in [0.15, 0.2) is 30.3 Å². The lowest BCUT2D eigenvalue weighted by Gasteiger charge is -2.50. The molecule has 0 aromatic heterocycles. The number of benzene rings is 1. The summed E-state index contributed by atoms with van der Waals surface area (Å²) in [6, 6.07) is 10.8. The van der Waals surface area contributed by atoms with Crippen molar-refractivity contribution in [3.05, 3.63) is 35.9 Å². The minimum atomic E-state index is -0.334. The molecule has 1 unspecified atom stereocenters. The first kappa shape index (κ1) is 17.0. The topological polar surface area (TPSA) is 42.0 Å². The van der Waals surface area contributed by atoms with Gasteiger partial charge in [0.25, 0.3) is 0 Å². The molecule has 0 bridgehead atoms. The number of carbonyl (C=O) groups excluding carboxylic acids is 1. The summed E-state index contributed by atoms with van der Waals surface area (Å²) in [7, 11) is 1.75. The molecule has 3 fully saturated rings. The second kappa shape index (κ2) is 7.06. The molecule has 0 N–H and O–H groups in total. The maximum Gasteiger partial charge on any atom is 0.240 e. The van der Waals surface area contributed by atoms with Gasteiger partial charge in [0.1, 0.15) is 5.60 Å². The van der Waals surface area contributed by atoms with Crippen molar-refractivity contribution in [3.8, 4) is 0 Å². The van der Waals surface area contributed by atoms with E-state index < -0.39 is 0 Å². The zero-order valence-corrected chi connectivity index (χ0v) is 15.0. The van der Waals surface area contributed by atoms with Crippen LogP contribution in [0.2, 0.25) is 0 Å². The van der Waals surface area contributed by atoms with Gasteiger partial charge in [-0.3, -0.25) is 9.69 Å². The highest BCUT2D eigenvalue weighted by Gasteiger charge is 2.49. The minimum Gasteiger partial charge on any atom is -0.381 e. The van der Waals surface area contributed by atoms with Crippen LogP contribution >= 0.6 is 0 Å². The lowest BCUT2D eigenvalue weighted by Crippen LogP contribution is -2.65. The Morgan fingerprint density at radius 3 is 2.56 bits per heavy atom. The van der Waals surface area contributed by atoms with E-state index in [4.69, 9.17) is 9.47 Å². The van der Waals surface area contributed by atoms with Gasteiger partial charge in [-0.15, -0.1) is 0 Å². The van der Waals surface area contributed by atoms with E-state index in [1.54, 1.807) is 7.11 Å². The van der Waals surface area contributed by atoms with Gasteiger partial charge in [0.05, 0.1) is 19.1 Å². The number of rotatable bonds is 4. The van der Waals surface area contributed by atoms with Gasteiger partial charge in [-0.25, -0.2) is 0 Å². The second-order valence-electron chi connectivity index (χ2n) is 7.50. The minimum absolute atomic E-state index is 0.0497. The Bertz CT molecular complexity index is 594. The first-order valence-corrected chi connectivity index (χ1v) is 9.46. The maximum absolute atomic E-state index is 13.1. The molecule has 1 atom stereocenters. The third-order valence-electron chi connectivity index (χ3n) is 6.13. The number of likely N-dealkylation sites (tertiary alicyclic amines) is 2. The highest BCUT2D eigenvalue weighted by atomic mass is 16.5. The summed E-state index contributed by atoms with van der Waals surface area (Å²) < 4.78 is 11.3. The van der Waals surface area contributed by atoms with Crippen molar-refractivity contribution in [1.82, 2.24) is 9.80 Å². The average molecular weight is 344 g/mol. The molecular weight excluding hydrogens is 316 g/mol. The molecular formula is C20H28N2O3. The van der Waals surface area contributed by atoms with Crippen LogP contribution in [0.3, 0.4) is 0 Å². The van der Waals surface area contributed by atoms with E-state index in [0.29, 0.717) is 19.1 Å². The monoisotopic (exact) mass is 344 g/mol. The smallest absolute Gasteiger partial charge is 0.240 e. The Kier molecular flexibility index (Phi) is 4.80. The van der Waals surface area contributed by atoms with Crippen LogP contribution in [0, 0.1) is 0 Å². The van der Waals surface area contributed by atoms with Crippen molar-refractivity contribution in [2.45, 2.75) is 43.4 Å². The van der Waals surface area contributed by atoms with E-state index in [1.807, 2.05) is 23.1 Å². The van der Waals surface area contributed by atoms with E-state index >= 15 is 0 Å². The molecule has 3 saturated heterocycles. The molecule has 0 spiro atoms. The van der Waals surface area contributed by atoms with Crippen molar-refractivity contribution in [3.63, 3.8) is 0 Å². The molecule has 3 heterocycles. The molecule has 0 aliphatic carbocycles. The summed E-state index contributed by atoms with van der Waals surface area (Å²) >= 11 is 0. The van der Waals surface area contributed by atoms with Crippen LogP contribution in [0.5, 0.6) is 0 Å². The Balaban J connectivity index is 1.42. The zero-order valence-electron chi connectivity index (χ0n) is 15.0. The van der Waals surface area contributed by atoms with Crippen molar-refractivity contribution in [2.75, 3.05) is 40.0 Å². The van der Waals surface area contributed by atoms with Gasteiger partial charge in [0.15, 0.2) is 0 Å². The summed E-state index contributed by atoms with van der Waals surface area (Å²) in [5.74, 6) is 0.285. The highest BCUT2D eigenvalue weighted by Crippen LogP contribution is 2.37. The number of methoxy groups -OCH3 is 1. The molecule has 5 heteroatoms. The van der Waals surface area contributed by atoms with Gasteiger partial charge in [0.2, 0.25) is 5.91 Å². The Hall–Kier alpha value is -1.43.